The topological polar surface area (TPSA) is 44.8 Å². The van der Waals surface area contributed by atoms with Crippen molar-refractivity contribution in [2.75, 3.05) is 6.79 Å². The molecule has 0 fully saturated rings. The monoisotopic (exact) mass is 282 g/mol. The number of esters is 1. The van der Waals surface area contributed by atoms with E-state index in [1.54, 1.807) is 18.2 Å². The van der Waals surface area contributed by atoms with Gasteiger partial charge in [0.2, 0.25) is 6.79 Å². The summed E-state index contributed by atoms with van der Waals surface area (Å²) in [6, 6.07) is 10.9. The van der Waals surface area contributed by atoms with E-state index in [4.69, 9.17) is 14.2 Å². The van der Waals surface area contributed by atoms with Gasteiger partial charge in [-0.15, -0.1) is 0 Å². The highest BCUT2D eigenvalue weighted by atomic mass is 16.7. The Balaban J connectivity index is 1.55. The molecular formula is C17H14O4. The zero-order chi connectivity index (χ0) is 14.2. The second kappa shape index (κ2) is 4.81. The third kappa shape index (κ3) is 2.23. The Morgan fingerprint density at radius 2 is 1.81 bits per heavy atom. The zero-order valence-corrected chi connectivity index (χ0v) is 11.4. The zero-order valence-electron chi connectivity index (χ0n) is 11.4. The van der Waals surface area contributed by atoms with E-state index in [0.717, 1.165) is 12.8 Å². The van der Waals surface area contributed by atoms with Gasteiger partial charge in [0.05, 0.1) is 5.56 Å². The van der Waals surface area contributed by atoms with E-state index < -0.39 is 0 Å². The van der Waals surface area contributed by atoms with E-state index >= 15 is 0 Å². The van der Waals surface area contributed by atoms with Crippen molar-refractivity contribution < 1.29 is 19.0 Å². The van der Waals surface area contributed by atoms with Crippen LogP contribution in [0.25, 0.3) is 0 Å². The standard InChI is InChI=1S/C17H14O4/c18-17(13-5-7-15-16(9-13)20-10-19-15)21-14-6-4-11-2-1-3-12(11)8-14/h4-9H,1-3,10H2. The van der Waals surface area contributed by atoms with Gasteiger partial charge in [-0.1, -0.05) is 6.07 Å². The second-order valence-corrected chi connectivity index (χ2v) is 5.24. The molecule has 4 heteroatoms. The summed E-state index contributed by atoms with van der Waals surface area (Å²) >= 11 is 0. The molecule has 21 heavy (non-hydrogen) atoms. The van der Waals surface area contributed by atoms with Gasteiger partial charge in [-0.25, -0.2) is 4.79 Å². The minimum Gasteiger partial charge on any atom is -0.454 e. The predicted molar refractivity (Wildman–Crippen MR) is 76.0 cm³/mol. The highest BCUT2D eigenvalue weighted by Gasteiger charge is 2.18. The van der Waals surface area contributed by atoms with Crippen molar-refractivity contribution in [2.24, 2.45) is 0 Å². The molecule has 2 aromatic carbocycles. The quantitative estimate of drug-likeness (QED) is 0.627. The average Bonchev–Trinajstić information content (AvgIpc) is 3.14. The van der Waals surface area contributed by atoms with Gasteiger partial charge in [0.15, 0.2) is 11.5 Å². The van der Waals surface area contributed by atoms with Crippen LogP contribution in [-0.2, 0) is 12.8 Å². The van der Waals surface area contributed by atoms with Crippen molar-refractivity contribution in [1.29, 1.82) is 0 Å². The molecule has 0 saturated carbocycles. The SMILES string of the molecule is O=C(Oc1ccc2c(c1)CCC2)c1ccc2c(c1)OCO2. The summed E-state index contributed by atoms with van der Waals surface area (Å²) < 4.78 is 15.9. The molecule has 0 bridgehead atoms. The van der Waals surface area contributed by atoms with E-state index in [1.807, 2.05) is 18.2 Å². The average molecular weight is 282 g/mol. The predicted octanol–water partition coefficient (Wildman–Crippen LogP) is 3.12. The highest BCUT2D eigenvalue weighted by Crippen LogP contribution is 2.33. The molecule has 0 radical (unpaired) electrons. The van der Waals surface area contributed by atoms with Crippen LogP contribution in [0.5, 0.6) is 17.2 Å². The minimum absolute atomic E-state index is 0.193. The van der Waals surface area contributed by atoms with Gasteiger partial charge >= 0.3 is 5.97 Å². The first-order valence-corrected chi connectivity index (χ1v) is 7.03. The van der Waals surface area contributed by atoms with Crippen molar-refractivity contribution in [3.63, 3.8) is 0 Å². The summed E-state index contributed by atoms with van der Waals surface area (Å²) in [5.74, 6) is 1.45. The third-order valence-electron chi connectivity index (χ3n) is 3.89. The Bertz CT molecular complexity index is 721. The summed E-state index contributed by atoms with van der Waals surface area (Å²) in [7, 11) is 0. The van der Waals surface area contributed by atoms with Crippen LogP contribution < -0.4 is 14.2 Å². The summed E-state index contributed by atoms with van der Waals surface area (Å²) in [6.07, 6.45) is 3.35. The molecular weight excluding hydrogens is 268 g/mol. The van der Waals surface area contributed by atoms with Crippen LogP contribution in [-0.4, -0.2) is 12.8 Å². The van der Waals surface area contributed by atoms with Crippen molar-refractivity contribution in [3.8, 4) is 17.2 Å². The number of hydrogen-bond acceptors (Lipinski definition) is 4. The molecule has 1 aliphatic carbocycles. The summed E-state index contributed by atoms with van der Waals surface area (Å²) in [5.41, 5.74) is 3.10. The number of carbonyl (C=O) groups excluding carboxylic acids is 1. The smallest absolute Gasteiger partial charge is 0.343 e. The van der Waals surface area contributed by atoms with E-state index in [0.29, 0.717) is 22.8 Å². The first kappa shape index (κ1) is 12.3. The lowest BCUT2D eigenvalue weighted by molar-refractivity contribution is 0.0734. The van der Waals surface area contributed by atoms with E-state index in [1.165, 1.54) is 17.5 Å². The van der Waals surface area contributed by atoms with E-state index in [2.05, 4.69) is 0 Å². The fraction of sp³-hybridized carbons (Fsp3) is 0.235. The molecule has 4 nitrogen and oxygen atoms in total. The lowest BCUT2D eigenvalue weighted by atomic mass is 10.1. The fourth-order valence-corrected chi connectivity index (χ4v) is 2.80. The number of hydrogen-bond donors (Lipinski definition) is 0. The normalized spacial score (nSPS) is 14.9. The Morgan fingerprint density at radius 3 is 2.76 bits per heavy atom. The summed E-state index contributed by atoms with van der Waals surface area (Å²) in [5, 5.41) is 0. The number of ether oxygens (including phenoxy) is 3. The van der Waals surface area contributed by atoms with Crippen LogP contribution in [0.3, 0.4) is 0 Å². The molecule has 2 aromatic rings. The maximum absolute atomic E-state index is 12.2. The number of fused-ring (bicyclic) bond motifs is 2. The molecule has 0 saturated heterocycles. The maximum atomic E-state index is 12.2. The highest BCUT2D eigenvalue weighted by molar-refractivity contribution is 5.92. The molecule has 1 aliphatic heterocycles. The first-order chi connectivity index (χ1) is 10.3. The van der Waals surface area contributed by atoms with Gasteiger partial charge < -0.3 is 14.2 Å². The van der Waals surface area contributed by atoms with Gasteiger partial charge in [-0.2, -0.15) is 0 Å². The molecule has 0 aromatic heterocycles. The lowest BCUT2D eigenvalue weighted by Crippen LogP contribution is -2.08. The maximum Gasteiger partial charge on any atom is 0.343 e. The fourth-order valence-electron chi connectivity index (χ4n) is 2.80. The molecule has 0 unspecified atom stereocenters. The Morgan fingerprint density at radius 1 is 0.952 bits per heavy atom. The molecule has 1 heterocycles. The molecule has 0 amide bonds. The first-order valence-electron chi connectivity index (χ1n) is 7.03. The minimum atomic E-state index is -0.383. The van der Waals surface area contributed by atoms with Crippen molar-refractivity contribution in [3.05, 3.63) is 53.1 Å². The van der Waals surface area contributed by atoms with Gasteiger partial charge in [0.1, 0.15) is 5.75 Å². The van der Waals surface area contributed by atoms with Crippen LogP contribution in [0.15, 0.2) is 36.4 Å². The lowest BCUT2D eigenvalue weighted by Gasteiger charge is -2.07. The van der Waals surface area contributed by atoms with E-state index in [9.17, 15) is 4.79 Å². The molecule has 0 N–H and O–H groups in total. The largest absolute Gasteiger partial charge is 0.454 e. The van der Waals surface area contributed by atoms with Gasteiger partial charge in [-0.05, 0) is 60.7 Å². The second-order valence-electron chi connectivity index (χ2n) is 5.24. The molecule has 2 aliphatic rings. The van der Waals surface area contributed by atoms with Gasteiger partial charge in [-0.3, -0.25) is 0 Å². The summed E-state index contributed by atoms with van der Waals surface area (Å²) in [6.45, 7) is 0.193. The Hall–Kier alpha value is -2.49. The van der Waals surface area contributed by atoms with Crippen LogP contribution in [0.1, 0.15) is 27.9 Å². The Labute approximate surface area is 122 Å². The molecule has 4 rings (SSSR count). The van der Waals surface area contributed by atoms with E-state index in [-0.39, 0.29) is 12.8 Å². The molecule has 0 spiro atoms. The van der Waals surface area contributed by atoms with Crippen molar-refractivity contribution in [1.82, 2.24) is 0 Å². The molecule has 106 valence electrons. The summed E-state index contributed by atoms with van der Waals surface area (Å²) in [4.78, 5) is 12.2. The number of aryl methyl sites for hydroxylation is 2. The van der Waals surface area contributed by atoms with Crippen molar-refractivity contribution >= 4 is 5.97 Å². The van der Waals surface area contributed by atoms with Crippen LogP contribution in [0.2, 0.25) is 0 Å². The molecule has 0 atom stereocenters. The number of rotatable bonds is 2. The van der Waals surface area contributed by atoms with Crippen LogP contribution in [0.4, 0.5) is 0 Å². The number of benzene rings is 2. The Kier molecular flexibility index (Phi) is 2.81. The van der Waals surface area contributed by atoms with Gasteiger partial charge in [0, 0.05) is 0 Å². The van der Waals surface area contributed by atoms with Crippen LogP contribution in [0, 0.1) is 0 Å². The van der Waals surface area contributed by atoms with Gasteiger partial charge in [0.25, 0.3) is 0 Å². The number of carbonyl (C=O) groups is 1. The van der Waals surface area contributed by atoms with Crippen LogP contribution >= 0.6 is 0 Å². The third-order valence-corrected chi connectivity index (χ3v) is 3.89. The van der Waals surface area contributed by atoms with Crippen molar-refractivity contribution in [2.45, 2.75) is 19.3 Å².